The van der Waals surface area contributed by atoms with E-state index in [4.69, 9.17) is 9.47 Å². The second-order valence-electron chi connectivity index (χ2n) is 4.10. The minimum absolute atomic E-state index is 0.0157. The quantitative estimate of drug-likeness (QED) is 0.798. The SMILES string of the molecule is COc1ccccc1C(=O)N1CCC(OC)C1. The van der Waals surface area contributed by atoms with E-state index in [9.17, 15) is 4.79 Å². The molecule has 1 atom stereocenters. The number of nitrogens with zero attached hydrogens (tertiary/aromatic N) is 1. The minimum atomic E-state index is 0.0157. The number of methoxy groups -OCH3 is 2. The van der Waals surface area contributed by atoms with Crippen molar-refractivity contribution >= 4 is 5.91 Å². The zero-order valence-corrected chi connectivity index (χ0v) is 10.2. The van der Waals surface area contributed by atoms with Crippen molar-refractivity contribution in [3.8, 4) is 5.75 Å². The first-order valence-electron chi connectivity index (χ1n) is 5.71. The van der Waals surface area contributed by atoms with Crippen LogP contribution < -0.4 is 4.74 Å². The molecule has 0 N–H and O–H groups in total. The molecule has 0 radical (unpaired) electrons. The van der Waals surface area contributed by atoms with Crippen LogP contribution in [0.5, 0.6) is 5.75 Å². The Kier molecular flexibility index (Phi) is 3.64. The maximum Gasteiger partial charge on any atom is 0.257 e. The second kappa shape index (κ2) is 5.19. The number of para-hydroxylation sites is 1. The first-order chi connectivity index (χ1) is 8.26. The van der Waals surface area contributed by atoms with Crippen molar-refractivity contribution in [3.63, 3.8) is 0 Å². The van der Waals surface area contributed by atoms with E-state index in [1.54, 1.807) is 26.4 Å². The van der Waals surface area contributed by atoms with Gasteiger partial charge in [-0.25, -0.2) is 0 Å². The molecule has 1 aromatic carbocycles. The van der Waals surface area contributed by atoms with Gasteiger partial charge in [0.2, 0.25) is 0 Å². The smallest absolute Gasteiger partial charge is 0.257 e. The van der Waals surface area contributed by atoms with E-state index in [1.165, 1.54) is 0 Å². The highest BCUT2D eigenvalue weighted by atomic mass is 16.5. The van der Waals surface area contributed by atoms with Crippen LogP contribution in [0.1, 0.15) is 16.8 Å². The van der Waals surface area contributed by atoms with Gasteiger partial charge in [0.15, 0.2) is 0 Å². The number of hydrogen-bond donors (Lipinski definition) is 0. The third kappa shape index (κ3) is 2.42. The van der Waals surface area contributed by atoms with E-state index >= 15 is 0 Å². The molecule has 1 fully saturated rings. The highest BCUT2D eigenvalue weighted by molar-refractivity contribution is 5.97. The van der Waals surface area contributed by atoms with Gasteiger partial charge in [0.25, 0.3) is 5.91 Å². The third-order valence-corrected chi connectivity index (χ3v) is 3.10. The predicted molar refractivity (Wildman–Crippen MR) is 64.3 cm³/mol. The summed E-state index contributed by atoms with van der Waals surface area (Å²) in [4.78, 5) is 14.1. The molecule has 1 saturated heterocycles. The van der Waals surface area contributed by atoms with Gasteiger partial charge in [-0.05, 0) is 18.6 Å². The van der Waals surface area contributed by atoms with Crippen LogP contribution in [0.3, 0.4) is 0 Å². The average Bonchev–Trinajstić information content (AvgIpc) is 2.86. The maximum absolute atomic E-state index is 12.3. The molecule has 92 valence electrons. The van der Waals surface area contributed by atoms with Crippen molar-refractivity contribution in [1.82, 2.24) is 4.90 Å². The molecule has 1 heterocycles. The highest BCUT2D eigenvalue weighted by Crippen LogP contribution is 2.22. The molecule has 1 aromatic rings. The maximum atomic E-state index is 12.3. The number of ether oxygens (including phenoxy) is 2. The summed E-state index contributed by atoms with van der Waals surface area (Å²) in [6.45, 7) is 1.41. The molecular weight excluding hydrogens is 218 g/mol. The Hall–Kier alpha value is -1.55. The summed E-state index contributed by atoms with van der Waals surface area (Å²) in [5.41, 5.74) is 0.617. The number of hydrogen-bond acceptors (Lipinski definition) is 3. The number of carbonyl (C=O) groups is 1. The third-order valence-electron chi connectivity index (χ3n) is 3.10. The van der Waals surface area contributed by atoms with Crippen LogP contribution >= 0.6 is 0 Å². The summed E-state index contributed by atoms with van der Waals surface area (Å²) in [6.07, 6.45) is 1.06. The lowest BCUT2D eigenvalue weighted by molar-refractivity contribution is 0.0721. The Labute approximate surface area is 101 Å². The molecule has 0 saturated carbocycles. The van der Waals surface area contributed by atoms with Crippen LogP contribution in [-0.4, -0.2) is 44.2 Å². The summed E-state index contributed by atoms with van der Waals surface area (Å²) < 4.78 is 10.5. The van der Waals surface area contributed by atoms with E-state index in [1.807, 2.05) is 17.0 Å². The summed E-state index contributed by atoms with van der Waals surface area (Å²) in [7, 11) is 3.26. The molecule has 1 aliphatic heterocycles. The summed E-state index contributed by atoms with van der Waals surface area (Å²) >= 11 is 0. The molecule has 4 nitrogen and oxygen atoms in total. The van der Waals surface area contributed by atoms with Crippen molar-refractivity contribution in [2.45, 2.75) is 12.5 Å². The van der Waals surface area contributed by atoms with Gasteiger partial charge in [-0.3, -0.25) is 4.79 Å². The molecular formula is C13H17NO3. The number of benzene rings is 1. The zero-order chi connectivity index (χ0) is 12.3. The highest BCUT2D eigenvalue weighted by Gasteiger charge is 2.27. The Morgan fingerprint density at radius 2 is 2.12 bits per heavy atom. The van der Waals surface area contributed by atoms with E-state index in [0.717, 1.165) is 13.0 Å². The number of likely N-dealkylation sites (tertiary alicyclic amines) is 1. The number of rotatable bonds is 3. The van der Waals surface area contributed by atoms with E-state index in [-0.39, 0.29) is 12.0 Å². The molecule has 1 unspecified atom stereocenters. The monoisotopic (exact) mass is 235 g/mol. The summed E-state index contributed by atoms with van der Waals surface area (Å²) in [5, 5.41) is 0. The van der Waals surface area contributed by atoms with Crippen LogP contribution in [0, 0.1) is 0 Å². The fourth-order valence-corrected chi connectivity index (χ4v) is 2.10. The molecule has 0 aromatic heterocycles. The van der Waals surface area contributed by atoms with E-state index in [2.05, 4.69) is 0 Å². The zero-order valence-electron chi connectivity index (χ0n) is 10.2. The standard InChI is InChI=1S/C13H17NO3/c1-16-10-7-8-14(9-10)13(15)11-5-3-4-6-12(11)17-2/h3-6,10H,7-9H2,1-2H3. The van der Waals surface area contributed by atoms with Crippen molar-refractivity contribution in [2.24, 2.45) is 0 Å². The fourth-order valence-electron chi connectivity index (χ4n) is 2.10. The number of amides is 1. The second-order valence-corrected chi connectivity index (χ2v) is 4.10. The number of carbonyl (C=O) groups excluding carboxylic acids is 1. The first-order valence-corrected chi connectivity index (χ1v) is 5.71. The summed E-state index contributed by atoms with van der Waals surface area (Å²) in [6, 6.07) is 7.30. The van der Waals surface area contributed by atoms with Gasteiger partial charge < -0.3 is 14.4 Å². The molecule has 2 rings (SSSR count). The lowest BCUT2D eigenvalue weighted by Gasteiger charge is -2.17. The minimum Gasteiger partial charge on any atom is -0.496 e. The van der Waals surface area contributed by atoms with Gasteiger partial charge in [-0.1, -0.05) is 12.1 Å². The largest absolute Gasteiger partial charge is 0.496 e. The first kappa shape index (κ1) is 11.9. The van der Waals surface area contributed by atoms with Crippen molar-refractivity contribution in [1.29, 1.82) is 0 Å². The Morgan fingerprint density at radius 1 is 1.35 bits per heavy atom. The van der Waals surface area contributed by atoms with Crippen LogP contribution in [0.4, 0.5) is 0 Å². The lowest BCUT2D eigenvalue weighted by atomic mass is 10.2. The van der Waals surface area contributed by atoms with Gasteiger partial charge in [0, 0.05) is 20.2 Å². The van der Waals surface area contributed by atoms with Crippen molar-refractivity contribution < 1.29 is 14.3 Å². The van der Waals surface area contributed by atoms with Gasteiger partial charge in [0.1, 0.15) is 5.75 Å². The summed E-state index contributed by atoms with van der Waals surface area (Å²) in [5.74, 6) is 0.639. The van der Waals surface area contributed by atoms with E-state index in [0.29, 0.717) is 17.9 Å². The lowest BCUT2D eigenvalue weighted by Crippen LogP contribution is -2.30. The van der Waals surface area contributed by atoms with Crippen LogP contribution in [0.15, 0.2) is 24.3 Å². The van der Waals surface area contributed by atoms with Gasteiger partial charge >= 0.3 is 0 Å². The molecule has 4 heteroatoms. The average molecular weight is 235 g/mol. The molecule has 17 heavy (non-hydrogen) atoms. The molecule has 0 bridgehead atoms. The van der Waals surface area contributed by atoms with Crippen LogP contribution in [-0.2, 0) is 4.74 Å². The van der Waals surface area contributed by atoms with Crippen molar-refractivity contribution in [2.75, 3.05) is 27.3 Å². The van der Waals surface area contributed by atoms with Crippen molar-refractivity contribution in [3.05, 3.63) is 29.8 Å². The Morgan fingerprint density at radius 3 is 2.76 bits per heavy atom. The Balaban J connectivity index is 2.15. The van der Waals surface area contributed by atoms with Gasteiger partial charge in [-0.15, -0.1) is 0 Å². The molecule has 0 aliphatic carbocycles. The van der Waals surface area contributed by atoms with Crippen LogP contribution in [0.25, 0.3) is 0 Å². The topological polar surface area (TPSA) is 38.8 Å². The normalized spacial score (nSPS) is 19.4. The van der Waals surface area contributed by atoms with E-state index < -0.39 is 0 Å². The fraction of sp³-hybridized carbons (Fsp3) is 0.462. The molecule has 1 aliphatic rings. The van der Waals surface area contributed by atoms with Crippen LogP contribution in [0.2, 0.25) is 0 Å². The van der Waals surface area contributed by atoms with Gasteiger partial charge in [0.05, 0.1) is 18.8 Å². The predicted octanol–water partition coefficient (Wildman–Crippen LogP) is 1.56. The Bertz CT molecular complexity index is 405. The molecule has 0 spiro atoms. The van der Waals surface area contributed by atoms with Gasteiger partial charge in [-0.2, -0.15) is 0 Å². The molecule has 1 amide bonds.